The molecule has 0 aliphatic rings. The van der Waals surface area contributed by atoms with Gasteiger partial charge in [-0.25, -0.2) is 0 Å². The fourth-order valence-corrected chi connectivity index (χ4v) is 2.26. The average molecular weight is 349 g/mol. The quantitative estimate of drug-likeness (QED) is 0.486. The third-order valence-corrected chi connectivity index (χ3v) is 5.22. The highest BCUT2D eigenvalue weighted by molar-refractivity contribution is 6.30. The molecule has 4 atom stereocenters. The smallest absolute Gasteiger partial charge is 0.0500 e. The van der Waals surface area contributed by atoms with Gasteiger partial charge < -0.3 is 0 Å². The summed E-state index contributed by atoms with van der Waals surface area (Å²) in [5, 5.41) is -0.249. The highest BCUT2D eigenvalue weighted by atomic mass is 35.5. The fourth-order valence-electron chi connectivity index (χ4n) is 1.20. The van der Waals surface area contributed by atoms with Crippen LogP contribution in [0.4, 0.5) is 0 Å². The van der Waals surface area contributed by atoms with Crippen LogP contribution >= 0.6 is 69.6 Å². The van der Waals surface area contributed by atoms with E-state index < -0.39 is 0 Å². The summed E-state index contributed by atoms with van der Waals surface area (Å²) in [6.07, 6.45) is 3.10. The zero-order chi connectivity index (χ0) is 12.6. The van der Waals surface area contributed by atoms with Gasteiger partial charge in [-0.3, -0.25) is 0 Å². The summed E-state index contributed by atoms with van der Waals surface area (Å²) in [6.45, 7) is 0. The normalized spacial score (nSPS) is 19.1. The molecule has 0 aliphatic heterocycles. The molecule has 0 N–H and O–H groups in total. The molecule has 4 unspecified atom stereocenters. The molecule has 6 heteroatoms. The van der Waals surface area contributed by atoms with Gasteiger partial charge >= 0.3 is 0 Å². The maximum Gasteiger partial charge on any atom is 0.0500 e. The first-order valence-corrected chi connectivity index (χ1v) is 8.01. The number of hydrogen-bond acceptors (Lipinski definition) is 0. The molecule has 0 nitrogen and oxygen atoms in total. The molecule has 0 rings (SSSR count). The fraction of sp³-hybridized carbons (Fsp3) is 1.00. The van der Waals surface area contributed by atoms with Gasteiger partial charge in [-0.15, -0.1) is 69.6 Å². The topological polar surface area (TPSA) is 0 Å². The van der Waals surface area contributed by atoms with E-state index in [9.17, 15) is 0 Å². The third-order valence-electron chi connectivity index (χ3n) is 2.24. The second-order valence-corrected chi connectivity index (χ2v) is 6.66. The largest absolute Gasteiger partial charge is 0.125 e. The van der Waals surface area contributed by atoms with Crippen LogP contribution in [-0.4, -0.2) is 33.3 Å². The van der Waals surface area contributed by atoms with Gasteiger partial charge in [0.15, 0.2) is 0 Å². The summed E-state index contributed by atoms with van der Waals surface area (Å²) in [5.41, 5.74) is 0. The van der Waals surface area contributed by atoms with Crippen molar-refractivity contribution in [2.24, 2.45) is 0 Å². The van der Waals surface area contributed by atoms with Crippen LogP contribution in [0.15, 0.2) is 0 Å². The minimum Gasteiger partial charge on any atom is -0.125 e. The maximum atomic E-state index is 6.15. The summed E-state index contributed by atoms with van der Waals surface area (Å²) in [7, 11) is 0. The molecule has 0 heterocycles. The van der Waals surface area contributed by atoms with E-state index in [1.807, 2.05) is 0 Å². The van der Waals surface area contributed by atoms with Crippen molar-refractivity contribution in [2.45, 2.75) is 47.2 Å². The van der Waals surface area contributed by atoms with Crippen molar-refractivity contribution >= 4 is 69.6 Å². The second kappa shape index (κ2) is 10.6. The monoisotopic (exact) mass is 346 g/mol. The van der Waals surface area contributed by atoms with Gasteiger partial charge in [0, 0.05) is 33.3 Å². The van der Waals surface area contributed by atoms with Crippen molar-refractivity contribution < 1.29 is 0 Å². The minimum atomic E-state index is -0.0923. The van der Waals surface area contributed by atoms with E-state index in [0.717, 1.165) is 25.7 Å². The first-order valence-electron chi connectivity index (χ1n) is 5.19. The molecule has 0 saturated carbocycles. The second-order valence-electron chi connectivity index (χ2n) is 3.69. The predicted molar refractivity (Wildman–Crippen MR) is 78.5 cm³/mol. The minimum absolute atomic E-state index is 0.0320. The van der Waals surface area contributed by atoms with Crippen molar-refractivity contribution in [1.29, 1.82) is 0 Å². The van der Waals surface area contributed by atoms with E-state index in [-0.39, 0.29) is 21.5 Å². The molecular formula is C10H16Cl6. The highest BCUT2D eigenvalue weighted by Gasteiger charge is 2.19. The number of alkyl halides is 6. The summed E-state index contributed by atoms with van der Waals surface area (Å²) in [6, 6.07) is 0. The molecule has 0 aromatic rings. The van der Waals surface area contributed by atoms with E-state index >= 15 is 0 Å². The van der Waals surface area contributed by atoms with Gasteiger partial charge in [0.2, 0.25) is 0 Å². The van der Waals surface area contributed by atoms with Crippen molar-refractivity contribution in [3.05, 3.63) is 0 Å². The van der Waals surface area contributed by atoms with Gasteiger partial charge in [0.25, 0.3) is 0 Å². The highest BCUT2D eigenvalue weighted by Crippen LogP contribution is 2.23. The lowest BCUT2D eigenvalue weighted by Crippen LogP contribution is -2.18. The Balaban J connectivity index is 3.68. The van der Waals surface area contributed by atoms with Gasteiger partial charge in [-0.1, -0.05) is 0 Å². The van der Waals surface area contributed by atoms with Crippen LogP contribution in [0.2, 0.25) is 0 Å². The third kappa shape index (κ3) is 8.78. The lowest BCUT2D eigenvalue weighted by atomic mass is 10.1. The molecule has 0 aromatic heterocycles. The summed E-state index contributed by atoms with van der Waals surface area (Å²) in [5.74, 6) is 0.877. The van der Waals surface area contributed by atoms with Crippen LogP contribution in [0.5, 0.6) is 0 Å². The molecule has 0 amide bonds. The zero-order valence-corrected chi connectivity index (χ0v) is 13.4. The van der Waals surface area contributed by atoms with Crippen LogP contribution in [0, 0.1) is 0 Å². The molecule has 0 aliphatic carbocycles. The van der Waals surface area contributed by atoms with Gasteiger partial charge in [0.05, 0.1) is 0 Å². The van der Waals surface area contributed by atoms with Gasteiger partial charge in [-0.05, 0) is 25.7 Å². The van der Waals surface area contributed by atoms with Crippen molar-refractivity contribution in [3.63, 3.8) is 0 Å². The number of hydrogen-bond donors (Lipinski definition) is 0. The van der Waals surface area contributed by atoms with Gasteiger partial charge in [-0.2, -0.15) is 0 Å². The predicted octanol–water partition coefficient (Wildman–Crippen LogP) is 5.45. The van der Waals surface area contributed by atoms with E-state index in [1.54, 1.807) is 0 Å². The van der Waals surface area contributed by atoms with E-state index in [1.165, 1.54) is 0 Å². The van der Waals surface area contributed by atoms with Crippen molar-refractivity contribution in [1.82, 2.24) is 0 Å². The first-order chi connectivity index (χ1) is 7.51. The molecule has 0 aromatic carbocycles. The molecule has 0 bridgehead atoms. The Bertz CT molecular complexity index is 147. The Morgan fingerprint density at radius 1 is 0.562 bits per heavy atom. The lowest BCUT2D eigenvalue weighted by molar-refractivity contribution is 0.604. The van der Waals surface area contributed by atoms with Crippen LogP contribution < -0.4 is 0 Å². The zero-order valence-electron chi connectivity index (χ0n) is 8.82. The first kappa shape index (κ1) is 17.7. The standard InChI is InChI=1S/C10H16Cl6/c11-5-7(13)1-3-9(15)10(16)4-2-8(14)6-12/h7-10H,1-6H2. The Morgan fingerprint density at radius 2 is 0.875 bits per heavy atom. The lowest BCUT2D eigenvalue weighted by Gasteiger charge is -2.17. The summed E-state index contributed by atoms with van der Waals surface area (Å²) in [4.78, 5) is 0. The molecular weight excluding hydrogens is 333 g/mol. The molecule has 16 heavy (non-hydrogen) atoms. The molecule has 0 fully saturated rings. The number of rotatable bonds is 9. The van der Waals surface area contributed by atoms with E-state index in [2.05, 4.69) is 0 Å². The van der Waals surface area contributed by atoms with Crippen LogP contribution in [0.25, 0.3) is 0 Å². The van der Waals surface area contributed by atoms with Crippen LogP contribution in [-0.2, 0) is 0 Å². The van der Waals surface area contributed by atoms with Crippen LogP contribution in [0.3, 0.4) is 0 Å². The Morgan fingerprint density at radius 3 is 1.12 bits per heavy atom. The Kier molecular flexibility index (Phi) is 11.8. The molecule has 0 saturated heterocycles. The Labute approximate surface area is 128 Å². The maximum absolute atomic E-state index is 6.15. The SMILES string of the molecule is ClCC(Cl)CCC(Cl)C(Cl)CCC(Cl)CCl. The number of halogens is 6. The summed E-state index contributed by atoms with van der Waals surface area (Å²) < 4.78 is 0. The molecule has 0 radical (unpaired) electrons. The van der Waals surface area contributed by atoms with Gasteiger partial charge in [0.1, 0.15) is 0 Å². The Hall–Kier alpha value is 1.74. The van der Waals surface area contributed by atoms with Crippen LogP contribution in [0.1, 0.15) is 25.7 Å². The van der Waals surface area contributed by atoms with Crippen molar-refractivity contribution in [3.8, 4) is 0 Å². The van der Waals surface area contributed by atoms with E-state index in [0.29, 0.717) is 11.8 Å². The molecule has 0 spiro atoms. The summed E-state index contributed by atoms with van der Waals surface area (Å²) >= 11 is 35.3. The molecule has 98 valence electrons. The average Bonchev–Trinajstić information content (AvgIpc) is 2.31. The van der Waals surface area contributed by atoms with E-state index in [4.69, 9.17) is 69.6 Å². The van der Waals surface area contributed by atoms with Crippen molar-refractivity contribution in [2.75, 3.05) is 11.8 Å².